The van der Waals surface area contributed by atoms with Crippen molar-refractivity contribution in [2.45, 2.75) is 13.1 Å². The minimum Gasteiger partial charge on any atom is -0.363 e. The predicted octanol–water partition coefficient (Wildman–Crippen LogP) is 2.60. The summed E-state index contributed by atoms with van der Waals surface area (Å²) in [6.45, 7) is 2.03. The summed E-state index contributed by atoms with van der Waals surface area (Å²) >= 11 is 0. The molecule has 0 radical (unpaired) electrons. The second kappa shape index (κ2) is 3.39. The first-order valence-electron chi connectivity index (χ1n) is 5.15. The van der Waals surface area contributed by atoms with Gasteiger partial charge in [0.25, 0.3) is 0 Å². The molecule has 0 aliphatic carbocycles. The van der Waals surface area contributed by atoms with E-state index in [1.165, 1.54) is 16.8 Å². The standard InChI is InChI=1S/C13H12N2/c1-2-4-12-10-15(9-11(12)3-1)13-5-7-14-8-6-13/h1-8H,9-10H2. The molecule has 0 saturated heterocycles. The first-order valence-corrected chi connectivity index (χ1v) is 5.15. The van der Waals surface area contributed by atoms with Crippen molar-refractivity contribution in [2.75, 3.05) is 4.90 Å². The van der Waals surface area contributed by atoms with Gasteiger partial charge in [-0.3, -0.25) is 4.98 Å². The summed E-state index contributed by atoms with van der Waals surface area (Å²) in [5, 5.41) is 0. The fraction of sp³-hybridized carbons (Fsp3) is 0.154. The number of rotatable bonds is 1. The van der Waals surface area contributed by atoms with Gasteiger partial charge in [0.05, 0.1) is 0 Å². The summed E-state index contributed by atoms with van der Waals surface area (Å²) in [7, 11) is 0. The third kappa shape index (κ3) is 1.48. The molecule has 0 N–H and O–H groups in total. The number of nitrogens with zero attached hydrogens (tertiary/aromatic N) is 2. The monoisotopic (exact) mass is 196 g/mol. The van der Waals surface area contributed by atoms with Gasteiger partial charge >= 0.3 is 0 Å². The van der Waals surface area contributed by atoms with Gasteiger partial charge in [-0.05, 0) is 23.3 Å². The fourth-order valence-corrected chi connectivity index (χ4v) is 2.07. The molecule has 0 fully saturated rings. The van der Waals surface area contributed by atoms with Gasteiger partial charge in [0.1, 0.15) is 0 Å². The van der Waals surface area contributed by atoms with E-state index in [-0.39, 0.29) is 0 Å². The maximum atomic E-state index is 4.04. The molecule has 1 aliphatic rings. The van der Waals surface area contributed by atoms with Crippen molar-refractivity contribution in [3.63, 3.8) is 0 Å². The number of pyridine rings is 1. The molecule has 2 heteroatoms. The van der Waals surface area contributed by atoms with Crippen LogP contribution in [0.15, 0.2) is 48.8 Å². The lowest BCUT2D eigenvalue weighted by molar-refractivity contribution is 0.878. The van der Waals surface area contributed by atoms with E-state index in [2.05, 4.69) is 46.3 Å². The summed E-state index contributed by atoms with van der Waals surface area (Å²) < 4.78 is 0. The van der Waals surface area contributed by atoms with Crippen molar-refractivity contribution in [2.24, 2.45) is 0 Å². The largest absolute Gasteiger partial charge is 0.363 e. The van der Waals surface area contributed by atoms with E-state index in [0.717, 1.165) is 13.1 Å². The van der Waals surface area contributed by atoms with E-state index >= 15 is 0 Å². The van der Waals surface area contributed by atoms with Crippen molar-refractivity contribution < 1.29 is 0 Å². The molecule has 2 nitrogen and oxygen atoms in total. The van der Waals surface area contributed by atoms with Crippen LogP contribution in [-0.4, -0.2) is 4.98 Å². The molecule has 0 spiro atoms. The number of anilines is 1. The van der Waals surface area contributed by atoms with Crippen molar-refractivity contribution in [1.29, 1.82) is 0 Å². The van der Waals surface area contributed by atoms with E-state index in [9.17, 15) is 0 Å². The highest BCUT2D eigenvalue weighted by Gasteiger charge is 2.17. The molecule has 2 aromatic rings. The zero-order valence-corrected chi connectivity index (χ0v) is 8.43. The first-order chi connectivity index (χ1) is 7.43. The van der Waals surface area contributed by atoms with E-state index < -0.39 is 0 Å². The molecule has 0 bridgehead atoms. The number of benzene rings is 1. The van der Waals surface area contributed by atoms with Crippen LogP contribution in [0.2, 0.25) is 0 Å². The second-order valence-electron chi connectivity index (χ2n) is 3.83. The second-order valence-corrected chi connectivity index (χ2v) is 3.83. The van der Waals surface area contributed by atoms with Crippen LogP contribution < -0.4 is 4.90 Å². The third-order valence-electron chi connectivity index (χ3n) is 2.87. The van der Waals surface area contributed by atoms with Crippen LogP contribution in [0.4, 0.5) is 5.69 Å². The number of hydrogen-bond donors (Lipinski definition) is 0. The molecule has 0 saturated carbocycles. The lowest BCUT2D eigenvalue weighted by atomic mass is 10.1. The third-order valence-corrected chi connectivity index (χ3v) is 2.87. The molecule has 2 heterocycles. The highest BCUT2D eigenvalue weighted by Crippen LogP contribution is 2.27. The van der Waals surface area contributed by atoms with Crippen molar-refractivity contribution in [3.05, 3.63) is 59.9 Å². The van der Waals surface area contributed by atoms with Gasteiger partial charge in [0, 0.05) is 31.2 Å². The molecule has 1 aromatic carbocycles. The first kappa shape index (κ1) is 8.48. The number of aromatic nitrogens is 1. The minimum atomic E-state index is 1.01. The van der Waals surface area contributed by atoms with E-state index in [1.807, 2.05) is 12.4 Å². The Morgan fingerprint density at radius 2 is 1.47 bits per heavy atom. The van der Waals surface area contributed by atoms with Gasteiger partial charge in [-0.1, -0.05) is 24.3 Å². The smallest absolute Gasteiger partial charge is 0.0436 e. The normalized spacial score (nSPS) is 14.0. The Kier molecular flexibility index (Phi) is 1.91. The summed E-state index contributed by atoms with van der Waals surface area (Å²) in [5.41, 5.74) is 4.13. The van der Waals surface area contributed by atoms with Crippen LogP contribution in [0, 0.1) is 0 Å². The Balaban J connectivity index is 1.91. The van der Waals surface area contributed by atoms with Crippen molar-refractivity contribution >= 4 is 5.69 Å². The zero-order chi connectivity index (χ0) is 10.1. The molecule has 74 valence electrons. The SMILES string of the molecule is c1ccc2c(c1)CN(c1ccncc1)C2. The van der Waals surface area contributed by atoms with Gasteiger partial charge in [-0.2, -0.15) is 0 Å². The van der Waals surface area contributed by atoms with Gasteiger partial charge in [-0.15, -0.1) is 0 Å². The average Bonchev–Trinajstić information content (AvgIpc) is 2.74. The van der Waals surface area contributed by atoms with Crippen LogP contribution in [0.3, 0.4) is 0 Å². The maximum absolute atomic E-state index is 4.04. The van der Waals surface area contributed by atoms with Gasteiger partial charge in [0.2, 0.25) is 0 Å². The number of hydrogen-bond acceptors (Lipinski definition) is 2. The summed E-state index contributed by atoms with van der Waals surface area (Å²) in [6.07, 6.45) is 3.69. The van der Waals surface area contributed by atoms with Crippen LogP contribution in [0.1, 0.15) is 11.1 Å². The quantitative estimate of drug-likeness (QED) is 0.697. The lowest BCUT2D eigenvalue weighted by Crippen LogP contribution is -2.14. The Bertz CT molecular complexity index is 440. The van der Waals surface area contributed by atoms with E-state index in [4.69, 9.17) is 0 Å². The molecule has 0 unspecified atom stereocenters. The topological polar surface area (TPSA) is 16.1 Å². The summed E-state index contributed by atoms with van der Waals surface area (Å²) in [4.78, 5) is 6.41. The molecule has 3 rings (SSSR count). The van der Waals surface area contributed by atoms with Gasteiger partial charge in [0.15, 0.2) is 0 Å². The molecular weight excluding hydrogens is 184 g/mol. The Morgan fingerprint density at radius 1 is 0.867 bits per heavy atom. The molecule has 15 heavy (non-hydrogen) atoms. The molecule has 0 atom stereocenters. The van der Waals surface area contributed by atoms with Crippen LogP contribution in [0.5, 0.6) is 0 Å². The van der Waals surface area contributed by atoms with Crippen molar-refractivity contribution in [1.82, 2.24) is 4.98 Å². The van der Waals surface area contributed by atoms with E-state index in [0.29, 0.717) is 0 Å². The van der Waals surface area contributed by atoms with Crippen molar-refractivity contribution in [3.8, 4) is 0 Å². The lowest BCUT2D eigenvalue weighted by Gasteiger charge is -2.16. The fourth-order valence-electron chi connectivity index (χ4n) is 2.07. The molecular formula is C13H12N2. The van der Waals surface area contributed by atoms with Gasteiger partial charge < -0.3 is 4.90 Å². The Labute approximate surface area is 89.2 Å². The molecule has 1 aliphatic heterocycles. The summed E-state index contributed by atoms with van der Waals surface area (Å²) in [5.74, 6) is 0. The van der Waals surface area contributed by atoms with Crippen LogP contribution in [0.25, 0.3) is 0 Å². The predicted molar refractivity (Wildman–Crippen MR) is 60.6 cm³/mol. The Hall–Kier alpha value is -1.83. The maximum Gasteiger partial charge on any atom is 0.0436 e. The van der Waals surface area contributed by atoms with E-state index in [1.54, 1.807) is 0 Å². The average molecular weight is 196 g/mol. The highest BCUT2D eigenvalue weighted by molar-refractivity contribution is 5.50. The zero-order valence-electron chi connectivity index (χ0n) is 8.43. The van der Waals surface area contributed by atoms with Crippen LogP contribution >= 0.6 is 0 Å². The minimum absolute atomic E-state index is 1.01. The van der Waals surface area contributed by atoms with Gasteiger partial charge in [-0.25, -0.2) is 0 Å². The Morgan fingerprint density at radius 3 is 2.07 bits per heavy atom. The molecule has 1 aromatic heterocycles. The summed E-state index contributed by atoms with van der Waals surface area (Å²) in [6, 6.07) is 12.7. The van der Waals surface area contributed by atoms with Crippen LogP contribution in [-0.2, 0) is 13.1 Å². The number of fused-ring (bicyclic) bond motifs is 1. The molecule has 0 amide bonds. The highest BCUT2D eigenvalue weighted by atomic mass is 15.1.